The van der Waals surface area contributed by atoms with Crippen molar-refractivity contribution in [2.75, 3.05) is 5.32 Å². The molecule has 0 saturated carbocycles. The second-order valence-electron chi connectivity index (χ2n) is 5.35. The van der Waals surface area contributed by atoms with Crippen molar-refractivity contribution in [1.82, 2.24) is 0 Å². The third kappa shape index (κ3) is 3.26. The summed E-state index contributed by atoms with van der Waals surface area (Å²) in [6.07, 6.45) is 0. The Bertz CT molecular complexity index is 596. The van der Waals surface area contributed by atoms with Crippen LogP contribution in [0.15, 0.2) is 45.5 Å². The van der Waals surface area contributed by atoms with E-state index in [0.29, 0.717) is 4.67 Å². The minimum atomic E-state index is -0.248. The van der Waals surface area contributed by atoms with Crippen molar-refractivity contribution in [3.63, 3.8) is 0 Å². The van der Waals surface area contributed by atoms with E-state index < -0.39 is 0 Å². The van der Waals surface area contributed by atoms with Crippen molar-refractivity contribution in [1.29, 1.82) is 0 Å². The quantitative estimate of drug-likeness (QED) is 0.878. The Hall–Kier alpha value is -1.55. The summed E-state index contributed by atoms with van der Waals surface area (Å²) < 4.78 is 5.79. The van der Waals surface area contributed by atoms with Crippen LogP contribution in [-0.2, 0) is 5.41 Å². The molecule has 4 heteroatoms. The molecule has 1 aromatic heterocycles. The lowest BCUT2D eigenvalue weighted by Crippen LogP contribution is -2.18. The van der Waals surface area contributed by atoms with E-state index in [0.717, 1.165) is 11.3 Å². The zero-order chi connectivity index (χ0) is 14.0. The summed E-state index contributed by atoms with van der Waals surface area (Å²) >= 11 is 3.19. The maximum Gasteiger partial charge on any atom is 0.291 e. The van der Waals surface area contributed by atoms with Crippen LogP contribution in [-0.4, -0.2) is 5.91 Å². The van der Waals surface area contributed by atoms with E-state index in [1.165, 1.54) is 0 Å². The maximum absolute atomic E-state index is 12.1. The Morgan fingerprint density at radius 2 is 1.84 bits per heavy atom. The summed E-state index contributed by atoms with van der Waals surface area (Å²) in [5, 5.41) is 2.89. The van der Waals surface area contributed by atoms with Gasteiger partial charge in [0.1, 0.15) is 0 Å². The van der Waals surface area contributed by atoms with Gasteiger partial charge in [0.05, 0.1) is 0 Å². The molecule has 1 aromatic carbocycles. The molecule has 2 rings (SSSR count). The zero-order valence-electron chi connectivity index (χ0n) is 11.2. The number of anilines is 1. The highest BCUT2D eigenvalue weighted by molar-refractivity contribution is 9.10. The Morgan fingerprint density at radius 1 is 1.16 bits per heavy atom. The molecule has 0 saturated heterocycles. The van der Waals surface area contributed by atoms with Crippen LogP contribution in [0.25, 0.3) is 0 Å². The first-order chi connectivity index (χ1) is 8.88. The van der Waals surface area contributed by atoms with Crippen LogP contribution in [0.5, 0.6) is 0 Å². The van der Waals surface area contributed by atoms with Gasteiger partial charge >= 0.3 is 0 Å². The number of para-hydroxylation sites is 1. The summed E-state index contributed by atoms with van der Waals surface area (Å²) in [5.74, 6) is 0.0398. The molecule has 1 heterocycles. The largest absolute Gasteiger partial charge is 0.444 e. The SMILES string of the molecule is CC(C)(C)c1ccccc1NC(=O)c1ccc(Br)o1. The van der Waals surface area contributed by atoms with Crippen molar-refractivity contribution < 1.29 is 9.21 Å². The van der Waals surface area contributed by atoms with E-state index in [1.54, 1.807) is 12.1 Å². The predicted molar refractivity (Wildman–Crippen MR) is 79.5 cm³/mol. The van der Waals surface area contributed by atoms with Gasteiger partial charge in [-0.1, -0.05) is 39.0 Å². The van der Waals surface area contributed by atoms with Crippen molar-refractivity contribution in [3.8, 4) is 0 Å². The molecule has 0 bridgehead atoms. The third-order valence-corrected chi connectivity index (χ3v) is 3.21. The third-order valence-electron chi connectivity index (χ3n) is 2.78. The lowest BCUT2D eigenvalue weighted by Gasteiger charge is -2.22. The van der Waals surface area contributed by atoms with Crippen LogP contribution in [0, 0.1) is 0 Å². The summed E-state index contributed by atoms with van der Waals surface area (Å²) in [7, 11) is 0. The van der Waals surface area contributed by atoms with Gasteiger partial charge < -0.3 is 9.73 Å². The Morgan fingerprint density at radius 3 is 2.42 bits per heavy atom. The van der Waals surface area contributed by atoms with Gasteiger partial charge in [-0.3, -0.25) is 4.79 Å². The number of furan rings is 1. The van der Waals surface area contributed by atoms with Gasteiger partial charge in [0.15, 0.2) is 10.4 Å². The molecule has 0 unspecified atom stereocenters. The molecule has 1 amide bonds. The Balaban J connectivity index is 2.27. The number of halogens is 1. The summed E-state index contributed by atoms with van der Waals surface area (Å²) in [4.78, 5) is 12.1. The van der Waals surface area contributed by atoms with Crippen molar-refractivity contribution in [3.05, 3.63) is 52.4 Å². The number of benzene rings is 1. The molecule has 0 spiro atoms. The molecule has 0 aliphatic carbocycles. The van der Waals surface area contributed by atoms with Crippen LogP contribution in [0.1, 0.15) is 36.9 Å². The van der Waals surface area contributed by atoms with Crippen LogP contribution in [0.3, 0.4) is 0 Å². The predicted octanol–water partition coefficient (Wildman–Crippen LogP) is 4.59. The molecule has 0 aliphatic rings. The number of hydrogen-bond acceptors (Lipinski definition) is 2. The monoisotopic (exact) mass is 321 g/mol. The lowest BCUT2D eigenvalue weighted by molar-refractivity contribution is 0.0995. The zero-order valence-corrected chi connectivity index (χ0v) is 12.7. The standard InChI is InChI=1S/C15H16BrNO2/c1-15(2,3)10-6-4-5-7-11(10)17-14(18)12-8-9-13(16)19-12/h4-9H,1-3H3,(H,17,18). The average molecular weight is 322 g/mol. The first kappa shape index (κ1) is 13.9. The van der Waals surface area contributed by atoms with Gasteiger partial charge in [0.25, 0.3) is 5.91 Å². The number of carbonyl (C=O) groups is 1. The van der Waals surface area contributed by atoms with E-state index in [9.17, 15) is 4.79 Å². The molecular weight excluding hydrogens is 306 g/mol. The molecule has 0 fully saturated rings. The van der Waals surface area contributed by atoms with Gasteiger partial charge in [-0.15, -0.1) is 0 Å². The minimum Gasteiger partial charge on any atom is -0.444 e. The molecule has 0 atom stereocenters. The molecule has 0 aliphatic heterocycles. The topological polar surface area (TPSA) is 42.2 Å². The molecule has 0 radical (unpaired) electrons. The van der Waals surface area contributed by atoms with Crippen molar-refractivity contribution in [2.24, 2.45) is 0 Å². The van der Waals surface area contributed by atoms with Crippen molar-refractivity contribution >= 4 is 27.5 Å². The Kier molecular flexibility index (Phi) is 3.80. The summed E-state index contributed by atoms with van der Waals surface area (Å²) in [6.45, 7) is 6.34. The van der Waals surface area contributed by atoms with E-state index >= 15 is 0 Å². The molecule has 100 valence electrons. The van der Waals surface area contributed by atoms with Gasteiger partial charge in [-0.05, 0) is 45.1 Å². The molecule has 1 N–H and O–H groups in total. The van der Waals surface area contributed by atoms with Gasteiger partial charge in [0.2, 0.25) is 0 Å². The van der Waals surface area contributed by atoms with E-state index in [2.05, 4.69) is 42.0 Å². The first-order valence-electron chi connectivity index (χ1n) is 6.04. The van der Waals surface area contributed by atoms with Gasteiger partial charge in [-0.2, -0.15) is 0 Å². The normalized spacial score (nSPS) is 11.4. The number of hydrogen-bond donors (Lipinski definition) is 1. The second kappa shape index (κ2) is 5.21. The highest BCUT2D eigenvalue weighted by Crippen LogP contribution is 2.29. The van der Waals surface area contributed by atoms with Crippen LogP contribution in [0.4, 0.5) is 5.69 Å². The first-order valence-corrected chi connectivity index (χ1v) is 6.83. The second-order valence-corrected chi connectivity index (χ2v) is 6.14. The van der Waals surface area contributed by atoms with E-state index in [1.807, 2.05) is 24.3 Å². The van der Waals surface area contributed by atoms with Gasteiger partial charge in [-0.25, -0.2) is 0 Å². The fourth-order valence-electron chi connectivity index (χ4n) is 1.87. The summed E-state index contributed by atoms with van der Waals surface area (Å²) in [6, 6.07) is 11.1. The van der Waals surface area contributed by atoms with Crippen LogP contribution in [0.2, 0.25) is 0 Å². The highest BCUT2D eigenvalue weighted by Gasteiger charge is 2.19. The smallest absolute Gasteiger partial charge is 0.291 e. The van der Waals surface area contributed by atoms with E-state index in [4.69, 9.17) is 4.42 Å². The fourth-order valence-corrected chi connectivity index (χ4v) is 2.17. The number of amides is 1. The van der Waals surface area contributed by atoms with Gasteiger partial charge in [0, 0.05) is 5.69 Å². The maximum atomic E-state index is 12.1. The fraction of sp³-hybridized carbons (Fsp3) is 0.267. The van der Waals surface area contributed by atoms with E-state index in [-0.39, 0.29) is 17.1 Å². The van der Waals surface area contributed by atoms with Crippen LogP contribution >= 0.6 is 15.9 Å². The average Bonchev–Trinajstić information content (AvgIpc) is 2.75. The molecule has 19 heavy (non-hydrogen) atoms. The number of nitrogens with one attached hydrogen (secondary N) is 1. The lowest BCUT2D eigenvalue weighted by atomic mass is 9.86. The Labute approximate surface area is 121 Å². The number of rotatable bonds is 2. The van der Waals surface area contributed by atoms with Crippen molar-refractivity contribution in [2.45, 2.75) is 26.2 Å². The molecule has 2 aromatic rings. The molecule has 3 nitrogen and oxygen atoms in total. The summed E-state index contributed by atoms with van der Waals surface area (Å²) in [5.41, 5.74) is 1.87. The molecular formula is C15H16BrNO2. The van der Waals surface area contributed by atoms with Crippen LogP contribution < -0.4 is 5.32 Å². The highest BCUT2D eigenvalue weighted by atomic mass is 79.9. The number of carbonyl (C=O) groups excluding carboxylic acids is 1. The minimum absolute atomic E-state index is 0.0341.